The number of rotatable bonds is 11. The Bertz CT molecular complexity index is 1280. The van der Waals surface area contributed by atoms with E-state index in [0.717, 1.165) is 24.3 Å². The molecule has 196 valence electrons. The number of carbonyl (C=O) groups excluding carboxylic acids is 1. The number of ether oxygens (including phenoxy) is 2. The van der Waals surface area contributed by atoms with Crippen LogP contribution in [0.25, 0.3) is 11.4 Å². The summed E-state index contributed by atoms with van der Waals surface area (Å²) >= 11 is 6.38. The third-order valence-corrected chi connectivity index (χ3v) is 6.04. The summed E-state index contributed by atoms with van der Waals surface area (Å²) in [5.41, 5.74) is 3.44. The molecule has 0 radical (unpaired) electrons. The van der Waals surface area contributed by atoms with Crippen molar-refractivity contribution in [2.45, 2.75) is 6.92 Å². The van der Waals surface area contributed by atoms with E-state index in [2.05, 4.69) is 37.1 Å². The van der Waals surface area contributed by atoms with Crippen LogP contribution in [0.3, 0.4) is 0 Å². The van der Waals surface area contributed by atoms with E-state index in [0.29, 0.717) is 39.3 Å². The molecule has 11 heteroatoms. The van der Waals surface area contributed by atoms with Crippen LogP contribution >= 0.6 is 11.6 Å². The molecule has 0 aliphatic carbocycles. The van der Waals surface area contributed by atoms with Gasteiger partial charge in [-0.2, -0.15) is 4.98 Å². The molecule has 0 spiro atoms. The summed E-state index contributed by atoms with van der Waals surface area (Å²) in [5, 5.41) is 6.60. The summed E-state index contributed by atoms with van der Waals surface area (Å²) in [6.45, 7) is 7.00. The standard InChI is InChI=1S/C26H32ClN7O3/c1-8-24(35)30-19-13-20(23(37-7)14-21(19)34(5)10-9-33(3)4)31-26-29-15-28-25(32-26)17-11-18(27)16(2)22(12-17)36-6/h8,11-15H,1,9-10H2,2-7H3,(H,30,35)(H,28,29,31,32). The number of hydrogen-bond acceptors (Lipinski definition) is 9. The second-order valence-electron chi connectivity index (χ2n) is 8.53. The number of nitrogens with zero attached hydrogens (tertiary/aromatic N) is 5. The number of hydrogen-bond donors (Lipinski definition) is 2. The second-order valence-corrected chi connectivity index (χ2v) is 8.94. The first-order valence-electron chi connectivity index (χ1n) is 11.5. The molecule has 0 fully saturated rings. The van der Waals surface area contributed by atoms with Gasteiger partial charge in [-0.1, -0.05) is 18.2 Å². The average molecular weight is 526 g/mol. The van der Waals surface area contributed by atoms with Crippen LogP contribution in [0.2, 0.25) is 5.02 Å². The predicted molar refractivity (Wildman–Crippen MR) is 148 cm³/mol. The topological polar surface area (TPSA) is 105 Å². The van der Waals surface area contributed by atoms with Gasteiger partial charge in [-0.25, -0.2) is 9.97 Å². The van der Waals surface area contributed by atoms with Gasteiger partial charge in [0.15, 0.2) is 5.82 Å². The highest BCUT2D eigenvalue weighted by Crippen LogP contribution is 2.38. The first kappa shape index (κ1) is 27.7. The van der Waals surface area contributed by atoms with Crippen molar-refractivity contribution >= 4 is 40.5 Å². The minimum atomic E-state index is -0.328. The van der Waals surface area contributed by atoms with Gasteiger partial charge in [-0.15, -0.1) is 0 Å². The zero-order chi connectivity index (χ0) is 27.1. The lowest BCUT2D eigenvalue weighted by Crippen LogP contribution is -2.29. The van der Waals surface area contributed by atoms with Gasteiger partial charge < -0.3 is 29.9 Å². The number of nitrogens with one attached hydrogen (secondary N) is 2. The Morgan fingerprint density at radius 1 is 1.05 bits per heavy atom. The SMILES string of the molecule is C=CC(=O)Nc1cc(Nc2ncnc(-c3cc(Cl)c(C)c(OC)c3)n2)c(OC)cc1N(C)CCN(C)C. The third-order valence-electron chi connectivity index (χ3n) is 5.65. The molecule has 0 bridgehead atoms. The smallest absolute Gasteiger partial charge is 0.247 e. The minimum absolute atomic E-state index is 0.286. The normalized spacial score (nSPS) is 10.7. The summed E-state index contributed by atoms with van der Waals surface area (Å²) in [6.07, 6.45) is 2.63. The van der Waals surface area contributed by atoms with Crippen molar-refractivity contribution in [2.75, 3.05) is 64.0 Å². The number of likely N-dealkylation sites (N-methyl/N-ethyl adjacent to an activating group) is 2. The van der Waals surface area contributed by atoms with Gasteiger partial charge in [0, 0.05) is 42.4 Å². The van der Waals surface area contributed by atoms with E-state index in [1.165, 1.54) is 12.4 Å². The molecule has 0 saturated carbocycles. The van der Waals surface area contributed by atoms with Crippen molar-refractivity contribution in [2.24, 2.45) is 0 Å². The van der Waals surface area contributed by atoms with Crippen LogP contribution in [-0.2, 0) is 4.79 Å². The molecule has 0 aliphatic heterocycles. The Hall–Kier alpha value is -3.89. The van der Waals surface area contributed by atoms with E-state index in [1.54, 1.807) is 26.4 Å². The Kier molecular flexibility index (Phi) is 9.26. The van der Waals surface area contributed by atoms with Crippen LogP contribution in [0, 0.1) is 6.92 Å². The molecular weight excluding hydrogens is 494 g/mol. The average Bonchev–Trinajstić information content (AvgIpc) is 2.88. The van der Waals surface area contributed by atoms with Gasteiger partial charge in [0.05, 0.1) is 31.3 Å². The molecular formula is C26H32ClN7O3. The molecule has 37 heavy (non-hydrogen) atoms. The fraction of sp³-hybridized carbons (Fsp3) is 0.308. The first-order valence-corrected chi connectivity index (χ1v) is 11.9. The largest absolute Gasteiger partial charge is 0.496 e. The Balaban J connectivity index is 2.00. The van der Waals surface area contributed by atoms with Gasteiger partial charge in [0.1, 0.15) is 17.8 Å². The maximum atomic E-state index is 12.2. The first-order chi connectivity index (χ1) is 17.7. The summed E-state index contributed by atoms with van der Waals surface area (Å²) < 4.78 is 11.1. The van der Waals surface area contributed by atoms with Gasteiger partial charge in [0.25, 0.3) is 0 Å². The molecule has 1 heterocycles. The van der Waals surface area contributed by atoms with Crippen molar-refractivity contribution in [3.05, 3.63) is 53.8 Å². The number of benzene rings is 2. The fourth-order valence-electron chi connectivity index (χ4n) is 3.52. The molecule has 0 aliphatic rings. The van der Waals surface area contributed by atoms with E-state index < -0.39 is 0 Å². The highest BCUT2D eigenvalue weighted by atomic mass is 35.5. The van der Waals surface area contributed by atoms with E-state index in [9.17, 15) is 4.79 Å². The van der Waals surface area contributed by atoms with Crippen LogP contribution in [-0.4, -0.2) is 74.2 Å². The summed E-state index contributed by atoms with van der Waals surface area (Å²) in [6, 6.07) is 7.23. The zero-order valence-electron chi connectivity index (χ0n) is 21.9. The molecule has 0 saturated heterocycles. The maximum Gasteiger partial charge on any atom is 0.247 e. The maximum absolute atomic E-state index is 12.2. The van der Waals surface area contributed by atoms with Crippen molar-refractivity contribution in [1.29, 1.82) is 0 Å². The number of carbonyl (C=O) groups is 1. The molecule has 3 aromatic rings. The highest BCUT2D eigenvalue weighted by molar-refractivity contribution is 6.31. The Labute approximate surface area is 222 Å². The van der Waals surface area contributed by atoms with E-state index in [-0.39, 0.29) is 11.9 Å². The lowest BCUT2D eigenvalue weighted by Gasteiger charge is -2.26. The Morgan fingerprint density at radius 3 is 2.43 bits per heavy atom. The van der Waals surface area contributed by atoms with Crippen molar-refractivity contribution < 1.29 is 14.3 Å². The number of anilines is 4. The highest BCUT2D eigenvalue weighted by Gasteiger charge is 2.17. The molecule has 2 N–H and O–H groups in total. The van der Waals surface area contributed by atoms with E-state index in [4.69, 9.17) is 21.1 Å². The van der Waals surface area contributed by atoms with Crippen LogP contribution in [0.1, 0.15) is 5.56 Å². The monoisotopic (exact) mass is 525 g/mol. The second kappa shape index (κ2) is 12.4. The summed E-state index contributed by atoms with van der Waals surface area (Å²) in [7, 11) is 9.12. The van der Waals surface area contributed by atoms with Crippen LogP contribution in [0.5, 0.6) is 11.5 Å². The zero-order valence-corrected chi connectivity index (χ0v) is 22.7. The lowest BCUT2D eigenvalue weighted by atomic mass is 10.1. The number of amides is 1. The number of methoxy groups -OCH3 is 2. The summed E-state index contributed by atoms with van der Waals surface area (Å²) in [4.78, 5) is 29.4. The molecule has 10 nitrogen and oxygen atoms in total. The van der Waals surface area contributed by atoms with E-state index in [1.807, 2.05) is 45.1 Å². The van der Waals surface area contributed by atoms with Crippen molar-refractivity contribution in [3.63, 3.8) is 0 Å². The van der Waals surface area contributed by atoms with E-state index >= 15 is 0 Å². The summed E-state index contributed by atoms with van der Waals surface area (Å²) in [5.74, 6) is 1.55. The van der Waals surface area contributed by atoms with Crippen molar-refractivity contribution in [1.82, 2.24) is 19.9 Å². The van der Waals surface area contributed by atoms with Gasteiger partial charge >= 0.3 is 0 Å². The van der Waals surface area contributed by atoms with Crippen LogP contribution < -0.4 is 25.0 Å². The van der Waals surface area contributed by atoms with Crippen LogP contribution in [0.15, 0.2) is 43.2 Å². The predicted octanol–water partition coefficient (Wildman–Crippen LogP) is 4.38. The van der Waals surface area contributed by atoms with Gasteiger partial charge in [-0.05, 0) is 45.3 Å². The quantitative estimate of drug-likeness (QED) is 0.353. The molecule has 0 unspecified atom stereocenters. The molecule has 0 atom stereocenters. The van der Waals surface area contributed by atoms with Gasteiger partial charge in [0.2, 0.25) is 11.9 Å². The molecule has 1 aromatic heterocycles. The Morgan fingerprint density at radius 2 is 1.78 bits per heavy atom. The minimum Gasteiger partial charge on any atom is -0.496 e. The van der Waals surface area contributed by atoms with Crippen molar-refractivity contribution in [3.8, 4) is 22.9 Å². The van der Waals surface area contributed by atoms with Gasteiger partial charge in [-0.3, -0.25) is 4.79 Å². The number of aromatic nitrogens is 3. The number of halogens is 1. The molecule has 3 rings (SSSR count). The van der Waals surface area contributed by atoms with Crippen LogP contribution in [0.4, 0.5) is 23.0 Å². The molecule has 1 amide bonds. The lowest BCUT2D eigenvalue weighted by molar-refractivity contribution is -0.111. The molecule has 2 aromatic carbocycles. The fourth-order valence-corrected chi connectivity index (χ4v) is 3.73. The third kappa shape index (κ3) is 6.87.